The number of phenols is 1. The normalized spacial score (nSPS) is 13.0. The van der Waals surface area contributed by atoms with Gasteiger partial charge in [0.1, 0.15) is 11.5 Å². The minimum absolute atomic E-state index is 0.0168. The first-order chi connectivity index (χ1) is 14.9. The summed E-state index contributed by atoms with van der Waals surface area (Å²) in [4.78, 5) is 24.1. The molecule has 160 valence electrons. The number of amides is 2. The minimum atomic E-state index is -0.321. The van der Waals surface area contributed by atoms with Crippen molar-refractivity contribution >= 4 is 17.6 Å². The third-order valence-corrected chi connectivity index (χ3v) is 5.12. The van der Waals surface area contributed by atoms with Crippen molar-refractivity contribution in [3.8, 4) is 22.8 Å². The Labute approximate surface area is 179 Å². The van der Waals surface area contributed by atoms with Gasteiger partial charge in [0.05, 0.1) is 18.5 Å². The van der Waals surface area contributed by atoms with Gasteiger partial charge in [-0.05, 0) is 48.7 Å². The fourth-order valence-corrected chi connectivity index (χ4v) is 3.38. The van der Waals surface area contributed by atoms with E-state index >= 15 is 0 Å². The van der Waals surface area contributed by atoms with Crippen LogP contribution in [0.2, 0.25) is 0 Å². The Morgan fingerprint density at radius 2 is 1.90 bits per heavy atom. The molecule has 2 aromatic carbocycles. The molecule has 31 heavy (non-hydrogen) atoms. The zero-order chi connectivity index (χ0) is 22.0. The average molecular weight is 420 g/mol. The van der Waals surface area contributed by atoms with Crippen molar-refractivity contribution in [2.24, 2.45) is 0 Å². The van der Waals surface area contributed by atoms with Crippen LogP contribution in [-0.2, 0) is 11.3 Å². The highest BCUT2D eigenvalue weighted by Gasteiger charge is 2.30. The topological polar surface area (TPSA) is 105 Å². The smallest absolute Gasteiger partial charge is 0.342 e. The summed E-state index contributed by atoms with van der Waals surface area (Å²) in [6.45, 7) is 1.76. The standard InChI is InChI=1S/C23H24N4O4/c1-14(28)25-17-7-10-19(22(29)11-17)20-12-21(16-5-6-16)27(26-20)23(30)24-13-15-3-8-18(31-2)9-4-15/h3-4,7-12,16,29H,5-6,13H2,1-2H3,(H,24,30)(H,25,28). The largest absolute Gasteiger partial charge is 0.507 e. The Morgan fingerprint density at radius 3 is 2.52 bits per heavy atom. The van der Waals surface area contributed by atoms with Crippen LogP contribution in [0, 0.1) is 0 Å². The van der Waals surface area contributed by atoms with Crippen LogP contribution in [0.25, 0.3) is 11.3 Å². The Hall–Kier alpha value is -3.81. The van der Waals surface area contributed by atoms with Gasteiger partial charge in [0.15, 0.2) is 0 Å². The van der Waals surface area contributed by atoms with Gasteiger partial charge in [0.2, 0.25) is 5.91 Å². The molecule has 4 rings (SSSR count). The predicted octanol–water partition coefficient (Wildman–Crippen LogP) is 3.86. The molecule has 0 aliphatic heterocycles. The third kappa shape index (κ3) is 4.69. The number of anilines is 1. The van der Waals surface area contributed by atoms with Gasteiger partial charge in [-0.15, -0.1) is 0 Å². The number of aromatic nitrogens is 2. The molecule has 0 atom stereocenters. The van der Waals surface area contributed by atoms with Crippen molar-refractivity contribution in [3.05, 3.63) is 59.8 Å². The van der Waals surface area contributed by atoms with E-state index in [2.05, 4.69) is 15.7 Å². The summed E-state index contributed by atoms with van der Waals surface area (Å²) in [5.41, 5.74) is 3.27. The molecule has 1 fully saturated rings. The number of phenolic OH excluding ortho intramolecular Hbond substituents is 1. The van der Waals surface area contributed by atoms with E-state index in [4.69, 9.17) is 4.74 Å². The molecule has 2 amide bonds. The fraction of sp³-hybridized carbons (Fsp3) is 0.261. The first-order valence-corrected chi connectivity index (χ1v) is 10.1. The van der Waals surface area contributed by atoms with Crippen molar-refractivity contribution in [3.63, 3.8) is 0 Å². The van der Waals surface area contributed by atoms with Crippen LogP contribution >= 0.6 is 0 Å². The summed E-state index contributed by atoms with van der Waals surface area (Å²) in [7, 11) is 1.61. The van der Waals surface area contributed by atoms with Crippen molar-refractivity contribution in [1.29, 1.82) is 0 Å². The molecule has 1 saturated carbocycles. The van der Waals surface area contributed by atoms with Crippen molar-refractivity contribution in [2.75, 3.05) is 12.4 Å². The number of methoxy groups -OCH3 is 1. The second-order valence-electron chi connectivity index (χ2n) is 7.56. The van der Waals surface area contributed by atoms with Crippen LogP contribution in [-0.4, -0.2) is 33.9 Å². The summed E-state index contributed by atoms with van der Waals surface area (Å²) >= 11 is 0. The van der Waals surface area contributed by atoms with Gasteiger partial charge in [-0.2, -0.15) is 9.78 Å². The summed E-state index contributed by atoms with van der Waals surface area (Å²) in [6.07, 6.45) is 2.01. The quantitative estimate of drug-likeness (QED) is 0.562. The first kappa shape index (κ1) is 20.5. The number of hydrogen-bond donors (Lipinski definition) is 3. The molecule has 3 aromatic rings. The van der Waals surface area contributed by atoms with E-state index in [9.17, 15) is 14.7 Å². The molecule has 1 aliphatic carbocycles. The maximum Gasteiger partial charge on any atom is 0.342 e. The van der Waals surface area contributed by atoms with Crippen LogP contribution in [0.3, 0.4) is 0 Å². The SMILES string of the molecule is COc1ccc(CNC(=O)n2nc(-c3ccc(NC(C)=O)cc3O)cc2C2CC2)cc1. The minimum Gasteiger partial charge on any atom is -0.507 e. The highest BCUT2D eigenvalue weighted by atomic mass is 16.5. The monoisotopic (exact) mass is 420 g/mol. The molecule has 8 heteroatoms. The van der Waals surface area contributed by atoms with E-state index in [0.717, 1.165) is 29.8 Å². The number of aromatic hydroxyl groups is 1. The molecule has 8 nitrogen and oxygen atoms in total. The van der Waals surface area contributed by atoms with E-state index in [-0.39, 0.29) is 23.6 Å². The average Bonchev–Trinajstić information content (AvgIpc) is 3.50. The lowest BCUT2D eigenvalue weighted by molar-refractivity contribution is -0.114. The lowest BCUT2D eigenvalue weighted by Crippen LogP contribution is -2.30. The number of benzene rings is 2. The fourth-order valence-electron chi connectivity index (χ4n) is 3.38. The Bertz CT molecular complexity index is 1120. The van der Waals surface area contributed by atoms with Gasteiger partial charge in [-0.25, -0.2) is 4.79 Å². The first-order valence-electron chi connectivity index (χ1n) is 10.1. The van der Waals surface area contributed by atoms with Gasteiger partial charge in [-0.3, -0.25) is 4.79 Å². The van der Waals surface area contributed by atoms with Gasteiger partial charge < -0.3 is 20.5 Å². The van der Waals surface area contributed by atoms with Crippen LogP contribution in [0.5, 0.6) is 11.5 Å². The molecule has 0 spiro atoms. The van der Waals surface area contributed by atoms with Crippen LogP contribution in [0.4, 0.5) is 10.5 Å². The molecule has 1 heterocycles. The van der Waals surface area contributed by atoms with Gasteiger partial charge in [0.25, 0.3) is 0 Å². The second-order valence-corrected chi connectivity index (χ2v) is 7.56. The van der Waals surface area contributed by atoms with E-state index in [1.807, 2.05) is 30.3 Å². The molecular formula is C23H24N4O4. The molecule has 1 aromatic heterocycles. The summed E-state index contributed by atoms with van der Waals surface area (Å²) < 4.78 is 6.54. The lowest BCUT2D eigenvalue weighted by atomic mass is 10.1. The van der Waals surface area contributed by atoms with Crippen LogP contribution < -0.4 is 15.4 Å². The Morgan fingerprint density at radius 1 is 1.16 bits per heavy atom. The number of ether oxygens (including phenoxy) is 1. The summed E-state index contributed by atoms with van der Waals surface area (Å²) in [5.74, 6) is 0.804. The molecule has 0 bridgehead atoms. The Kier molecular flexibility index (Phi) is 5.62. The summed E-state index contributed by atoms with van der Waals surface area (Å²) in [5, 5.41) is 20.4. The number of nitrogens with zero attached hydrogens (tertiary/aromatic N) is 2. The number of carbonyl (C=O) groups excluding carboxylic acids is 2. The maximum atomic E-state index is 12.9. The third-order valence-electron chi connectivity index (χ3n) is 5.12. The number of hydrogen-bond acceptors (Lipinski definition) is 5. The zero-order valence-corrected chi connectivity index (χ0v) is 17.4. The van der Waals surface area contributed by atoms with Gasteiger partial charge in [-0.1, -0.05) is 12.1 Å². The molecule has 0 unspecified atom stereocenters. The second kappa shape index (κ2) is 8.51. The number of carbonyl (C=O) groups is 2. The van der Waals surface area contributed by atoms with Gasteiger partial charge in [0, 0.05) is 36.7 Å². The molecule has 1 aliphatic rings. The van der Waals surface area contributed by atoms with E-state index in [0.29, 0.717) is 23.5 Å². The van der Waals surface area contributed by atoms with E-state index < -0.39 is 0 Å². The maximum absolute atomic E-state index is 12.9. The highest BCUT2D eigenvalue weighted by molar-refractivity contribution is 5.89. The molecular weight excluding hydrogens is 396 g/mol. The molecule has 0 saturated heterocycles. The highest BCUT2D eigenvalue weighted by Crippen LogP contribution is 2.42. The van der Waals surface area contributed by atoms with Crippen molar-refractivity contribution < 1.29 is 19.4 Å². The molecule has 0 radical (unpaired) electrons. The lowest BCUT2D eigenvalue weighted by Gasteiger charge is -2.08. The number of nitrogens with one attached hydrogen (secondary N) is 2. The van der Waals surface area contributed by atoms with Gasteiger partial charge >= 0.3 is 6.03 Å². The number of rotatable bonds is 6. The molecule has 3 N–H and O–H groups in total. The van der Waals surface area contributed by atoms with Crippen LogP contribution in [0.1, 0.15) is 36.9 Å². The summed E-state index contributed by atoms with van der Waals surface area (Å²) in [6, 6.07) is 13.8. The van der Waals surface area contributed by atoms with E-state index in [1.54, 1.807) is 19.2 Å². The van der Waals surface area contributed by atoms with Crippen LogP contribution in [0.15, 0.2) is 48.5 Å². The van der Waals surface area contributed by atoms with Crippen molar-refractivity contribution in [1.82, 2.24) is 15.1 Å². The zero-order valence-electron chi connectivity index (χ0n) is 17.4. The van der Waals surface area contributed by atoms with Crippen molar-refractivity contribution in [2.45, 2.75) is 32.2 Å². The predicted molar refractivity (Wildman–Crippen MR) is 116 cm³/mol. The Balaban J connectivity index is 1.54. The van der Waals surface area contributed by atoms with E-state index in [1.165, 1.54) is 17.7 Å².